The van der Waals surface area contributed by atoms with Gasteiger partial charge in [-0.25, -0.2) is 9.59 Å². The lowest BCUT2D eigenvalue weighted by atomic mass is 10.0. The van der Waals surface area contributed by atoms with Crippen LogP contribution in [0, 0.1) is 11.3 Å². The van der Waals surface area contributed by atoms with Gasteiger partial charge in [-0.1, -0.05) is 19.1 Å². The van der Waals surface area contributed by atoms with Gasteiger partial charge in [-0.05, 0) is 71.8 Å². The van der Waals surface area contributed by atoms with E-state index < -0.39 is 53.1 Å². The molecule has 1 saturated heterocycles. The molecule has 0 radical (unpaired) electrons. The van der Waals surface area contributed by atoms with Gasteiger partial charge in [0.2, 0.25) is 5.91 Å². The molecule has 2 saturated carbocycles. The van der Waals surface area contributed by atoms with Crippen LogP contribution in [0.25, 0.3) is 0 Å². The van der Waals surface area contributed by atoms with Gasteiger partial charge in [0, 0.05) is 25.6 Å². The normalized spacial score (nSPS) is 26.6. The van der Waals surface area contributed by atoms with E-state index in [1.54, 1.807) is 26.8 Å². The number of aliphatic hydroxyl groups is 1. The molecule has 0 aromatic rings. The number of allylic oxidation sites excluding steroid dienone is 2. The highest BCUT2D eigenvalue weighted by atomic mass is 16.7. The topological polar surface area (TPSA) is 138 Å². The monoisotopic (exact) mass is 562 g/mol. The molecule has 1 heterocycles. The fourth-order valence-electron chi connectivity index (χ4n) is 5.37. The number of alkyl carbamates (subject to hydrolysis) is 1. The van der Waals surface area contributed by atoms with Crippen molar-refractivity contribution >= 4 is 23.9 Å². The number of hydroxylamine groups is 1. The zero-order chi connectivity index (χ0) is 29.7. The molecule has 224 valence electrons. The van der Waals surface area contributed by atoms with Crippen LogP contribution >= 0.6 is 0 Å². The van der Waals surface area contributed by atoms with E-state index in [9.17, 15) is 24.3 Å². The quantitative estimate of drug-likeness (QED) is 0.177. The van der Waals surface area contributed by atoms with E-state index in [1.165, 1.54) is 4.90 Å². The van der Waals surface area contributed by atoms with Crippen molar-refractivity contribution in [3.63, 3.8) is 0 Å². The molecule has 0 spiro atoms. The predicted molar refractivity (Wildman–Crippen MR) is 149 cm³/mol. The van der Waals surface area contributed by atoms with Crippen LogP contribution in [-0.2, 0) is 24.0 Å². The number of carbonyl (C=O) groups excluding carboxylic acids is 4. The summed E-state index contributed by atoms with van der Waals surface area (Å²) in [7, 11) is 0. The third-order valence-electron chi connectivity index (χ3n) is 7.89. The number of amides is 3. The predicted octanol–water partition coefficient (Wildman–Crippen LogP) is 2.45. The minimum Gasteiger partial charge on any atom is -0.444 e. The van der Waals surface area contributed by atoms with Crippen LogP contribution < -0.4 is 10.8 Å². The zero-order valence-corrected chi connectivity index (χ0v) is 24.3. The molecule has 2 aliphatic carbocycles. The molecule has 11 nitrogen and oxygen atoms in total. The number of nitrogens with zero attached hydrogens (tertiary/aromatic N) is 2. The van der Waals surface area contributed by atoms with Crippen LogP contribution in [0.2, 0.25) is 0 Å². The molecule has 3 amide bonds. The van der Waals surface area contributed by atoms with Crippen LogP contribution in [0.1, 0.15) is 72.6 Å². The van der Waals surface area contributed by atoms with Gasteiger partial charge < -0.3 is 24.9 Å². The molecule has 3 fully saturated rings. The summed E-state index contributed by atoms with van der Waals surface area (Å²) in [6, 6.07) is -1.76. The van der Waals surface area contributed by atoms with Gasteiger partial charge in [0.1, 0.15) is 17.7 Å². The fraction of sp³-hybridized carbons (Fsp3) is 0.724. The second kappa shape index (κ2) is 13.2. The van der Waals surface area contributed by atoms with E-state index >= 15 is 0 Å². The SMILES string of the molecule is C=CCCCN(C[C@H](NC(=O)OC(C)(C)C)C(=O)N1C[C@H](O)C[C@H]1C(=O)NOC(=O)[C@]1(CC)C[C@H]1C=C)C1CC1. The summed E-state index contributed by atoms with van der Waals surface area (Å²) >= 11 is 0. The number of rotatable bonds is 13. The van der Waals surface area contributed by atoms with Gasteiger partial charge in [0.15, 0.2) is 0 Å². The van der Waals surface area contributed by atoms with Crippen molar-refractivity contribution < 1.29 is 33.9 Å². The number of carbonyl (C=O) groups is 4. The first-order chi connectivity index (χ1) is 18.8. The van der Waals surface area contributed by atoms with Crippen molar-refractivity contribution in [3.05, 3.63) is 25.3 Å². The maximum absolute atomic E-state index is 13.9. The first-order valence-electron chi connectivity index (χ1n) is 14.3. The van der Waals surface area contributed by atoms with Crippen LogP contribution in [0.5, 0.6) is 0 Å². The lowest BCUT2D eigenvalue weighted by molar-refractivity contribution is -0.166. The first-order valence-corrected chi connectivity index (χ1v) is 14.3. The minimum absolute atomic E-state index is 0.00568. The fourth-order valence-corrected chi connectivity index (χ4v) is 5.37. The van der Waals surface area contributed by atoms with E-state index in [4.69, 9.17) is 9.57 Å². The minimum atomic E-state index is -1.07. The number of β-amino-alcohol motifs (C(OH)–C–C–N with tert-alkyl or cyclic N) is 1. The molecular weight excluding hydrogens is 516 g/mol. The number of unbranched alkanes of at least 4 members (excludes halogenated alkanes) is 1. The molecular formula is C29H46N4O7. The van der Waals surface area contributed by atoms with Gasteiger partial charge in [0.25, 0.3) is 5.91 Å². The molecule has 11 heteroatoms. The highest BCUT2D eigenvalue weighted by molar-refractivity contribution is 5.92. The summed E-state index contributed by atoms with van der Waals surface area (Å²) in [5, 5.41) is 13.1. The summed E-state index contributed by atoms with van der Waals surface area (Å²) in [5.74, 6) is -1.77. The Morgan fingerprint density at radius 1 is 1.23 bits per heavy atom. The Morgan fingerprint density at radius 2 is 1.93 bits per heavy atom. The maximum Gasteiger partial charge on any atom is 0.408 e. The maximum atomic E-state index is 13.9. The van der Waals surface area contributed by atoms with E-state index in [0.717, 1.165) is 32.2 Å². The van der Waals surface area contributed by atoms with Crippen LogP contribution in [0.15, 0.2) is 25.3 Å². The van der Waals surface area contributed by atoms with Crippen molar-refractivity contribution in [1.29, 1.82) is 0 Å². The molecule has 3 N–H and O–H groups in total. The van der Waals surface area contributed by atoms with Crippen molar-refractivity contribution in [1.82, 2.24) is 20.6 Å². The molecule has 5 atom stereocenters. The Hall–Kier alpha value is -2.92. The standard InChI is InChI=1S/C29H46N4O7/c1-7-10-11-14-32(20-12-13-20)18-22(30-27(38)39-28(4,5)6)25(36)33-17-21(34)15-23(33)24(35)31-40-26(37)29(9-3)16-19(29)8-2/h7-8,19-23,34H,1-2,9-18H2,3-6H3,(H,30,38)(H,31,35)/t19-,21-,22+,23+,29-/m1/s1. The molecule has 0 bridgehead atoms. The lowest BCUT2D eigenvalue weighted by Crippen LogP contribution is -2.57. The number of likely N-dealkylation sites (tertiary alicyclic amines) is 1. The Balaban J connectivity index is 1.72. The van der Waals surface area contributed by atoms with Gasteiger partial charge >= 0.3 is 12.1 Å². The van der Waals surface area contributed by atoms with Crippen LogP contribution in [0.4, 0.5) is 4.79 Å². The molecule has 0 unspecified atom stereocenters. The smallest absolute Gasteiger partial charge is 0.408 e. The number of nitrogens with one attached hydrogen (secondary N) is 2. The number of ether oxygens (including phenoxy) is 1. The number of aliphatic hydroxyl groups excluding tert-OH is 1. The summed E-state index contributed by atoms with van der Waals surface area (Å²) in [6.45, 7) is 15.5. The van der Waals surface area contributed by atoms with Crippen LogP contribution in [-0.4, -0.2) is 88.2 Å². The first kappa shape index (κ1) is 31.6. The van der Waals surface area contributed by atoms with Gasteiger partial charge in [-0.3, -0.25) is 14.5 Å². The van der Waals surface area contributed by atoms with Crippen molar-refractivity contribution in [3.8, 4) is 0 Å². The van der Waals surface area contributed by atoms with Crippen molar-refractivity contribution in [2.75, 3.05) is 19.6 Å². The summed E-state index contributed by atoms with van der Waals surface area (Å²) in [4.78, 5) is 60.9. The second-order valence-electron chi connectivity index (χ2n) is 12.2. The van der Waals surface area contributed by atoms with Gasteiger partial charge in [0.05, 0.1) is 11.5 Å². The van der Waals surface area contributed by atoms with Crippen LogP contribution in [0.3, 0.4) is 0 Å². The molecule has 0 aromatic heterocycles. The molecule has 40 heavy (non-hydrogen) atoms. The van der Waals surface area contributed by atoms with E-state index in [-0.39, 0.29) is 25.4 Å². The zero-order valence-electron chi connectivity index (χ0n) is 24.3. The van der Waals surface area contributed by atoms with Gasteiger partial charge in [-0.15, -0.1) is 13.2 Å². The van der Waals surface area contributed by atoms with Crippen molar-refractivity contribution in [2.24, 2.45) is 11.3 Å². The second-order valence-corrected chi connectivity index (χ2v) is 12.2. The molecule has 3 rings (SSSR count). The number of hydrogen-bond donors (Lipinski definition) is 3. The van der Waals surface area contributed by atoms with E-state index in [1.807, 2.05) is 13.0 Å². The summed E-state index contributed by atoms with van der Waals surface area (Å²) in [6.07, 6.45) is 6.70. The van der Waals surface area contributed by atoms with Gasteiger partial charge in [-0.2, -0.15) is 5.48 Å². The molecule has 1 aliphatic heterocycles. The Labute approximate surface area is 237 Å². The summed E-state index contributed by atoms with van der Waals surface area (Å²) in [5.41, 5.74) is 0.747. The Kier molecular flexibility index (Phi) is 10.4. The number of hydrogen-bond acceptors (Lipinski definition) is 8. The Bertz CT molecular complexity index is 976. The molecule has 0 aromatic carbocycles. The summed E-state index contributed by atoms with van der Waals surface area (Å²) < 4.78 is 5.42. The van der Waals surface area contributed by atoms with E-state index in [0.29, 0.717) is 18.9 Å². The lowest BCUT2D eigenvalue weighted by Gasteiger charge is -2.32. The highest BCUT2D eigenvalue weighted by Crippen LogP contribution is 2.56. The Morgan fingerprint density at radius 3 is 2.48 bits per heavy atom. The third-order valence-corrected chi connectivity index (χ3v) is 7.89. The third kappa shape index (κ3) is 8.06. The van der Waals surface area contributed by atoms with E-state index in [2.05, 4.69) is 28.9 Å². The van der Waals surface area contributed by atoms with Crippen molar-refractivity contribution in [2.45, 2.75) is 102 Å². The largest absolute Gasteiger partial charge is 0.444 e. The highest BCUT2D eigenvalue weighted by Gasteiger charge is 2.58. The average molecular weight is 563 g/mol. The average Bonchev–Trinajstić information content (AvgIpc) is 3.81. The molecule has 3 aliphatic rings.